The Bertz CT molecular complexity index is 1400. The van der Waals surface area contributed by atoms with Crippen LogP contribution in [0.4, 0.5) is 17.1 Å². The second-order valence-corrected chi connectivity index (χ2v) is 10.1. The largest absolute Gasteiger partial charge is 0.359 e. The van der Waals surface area contributed by atoms with Gasteiger partial charge in [0.1, 0.15) is 11.9 Å². The molecule has 3 aromatic rings. The summed E-state index contributed by atoms with van der Waals surface area (Å²) < 4.78 is 0. The Morgan fingerprint density at radius 2 is 1.76 bits per heavy atom. The molecule has 4 rings (SSSR count). The summed E-state index contributed by atoms with van der Waals surface area (Å²) in [6.45, 7) is 14.3. The molecule has 0 aromatic heterocycles. The standard InChI is InChI=1S/C20H22N4.C12H13NS/c1-15(2)22-20-11-10-19(12-18(20)13-21)23-16(3)24(4)14-17-8-6-5-7-9-17;1-4-9(2)12-13(3)10-7-5-6-8-11(10)14-12/h5-12,22H,1,14H2,2-4H3;4-8H,1H2,2-3H3/b;12-9+. The van der Waals surface area contributed by atoms with E-state index in [1.54, 1.807) is 6.07 Å². The number of amidine groups is 1. The highest BCUT2D eigenvalue weighted by Gasteiger charge is 2.22. The van der Waals surface area contributed by atoms with E-state index in [0.717, 1.165) is 29.5 Å². The van der Waals surface area contributed by atoms with Gasteiger partial charge in [0.2, 0.25) is 0 Å². The molecule has 1 heterocycles. The Balaban J connectivity index is 0.000000241. The number of para-hydroxylation sites is 1. The summed E-state index contributed by atoms with van der Waals surface area (Å²) >= 11 is 1.81. The van der Waals surface area contributed by atoms with Crippen molar-refractivity contribution in [3.63, 3.8) is 0 Å². The molecule has 6 heteroatoms. The number of fused-ring (bicyclic) bond motifs is 1. The van der Waals surface area contributed by atoms with Gasteiger partial charge in [-0.15, -0.1) is 0 Å². The van der Waals surface area contributed by atoms with Crippen molar-refractivity contribution < 1.29 is 0 Å². The minimum atomic E-state index is 0.553. The Hall–Kier alpha value is -4.21. The van der Waals surface area contributed by atoms with E-state index in [2.05, 4.69) is 89.7 Å². The summed E-state index contributed by atoms with van der Waals surface area (Å²) in [5.74, 6) is 0.892. The first-order chi connectivity index (χ1) is 18.2. The van der Waals surface area contributed by atoms with Crippen molar-refractivity contribution >= 4 is 34.7 Å². The lowest BCUT2D eigenvalue weighted by molar-refractivity contribution is 0.498. The van der Waals surface area contributed by atoms with Crippen molar-refractivity contribution in [2.45, 2.75) is 32.2 Å². The summed E-state index contributed by atoms with van der Waals surface area (Å²) in [5, 5.41) is 13.7. The molecule has 194 valence electrons. The number of nitrogens with one attached hydrogen (secondary N) is 1. The fourth-order valence-corrected chi connectivity index (χ4v) is 4.96. The molecule has 1 aliphatic rings. The van der Waals surface area contributed by atoms with E-state index in [-0.39, 0.29) is 0 Å². The number of nitriles is 1. The number of thioether (sulfide) groups is 1. The lowest BCUT2D eigenvalue weighted by atomic mass is 10.1. The van der Waals surface area contributed by atoms with Crippen LogP contribution in [0.2, 0.25) is 0 Å². The molecule has 0 bridgehead atoms. The topological polar surface area (TPSA) is 54.7 Å². The number of allylic oxidation sites excluding steroid dienone is 3. The van der Waals surface area contributed by atoms with Crippen molar-refractivity contribution in [1.29, 1.82) is 5.26 Å². The van der Waals surface area contributed by atoms with Gasteiger partial charge in [-0.2, -0.15) is 5.26 Å². The molecule has 0 atom stereocenters. The van der Waals surface area contributed by atoms with E-state index < -0.39 is 0 Å². The third kappa shape index (κ3) is 7.41. The quantitative estimate of drug-likeness (QED) is 0.261. The molecular weight excluding hydrogens is 486 g/mol. The predicted molar refractivity (Wildman–Crippen MR) is 164 cm³/mol. The molecular formula is C32H35N5S. The summed E-state index contributed by atoms with van der Waals surface area (Å²) in [6.07, 6.45) is 1.91. The van der Waals surface area contributed by atoms with Crippen LogP contribution in [0, 0.1) is 11.3 Å². The van der Waals surface area contributed by atoms with E-state index >= 15 is 0 Å². The van der Waals surface area contributed by atoms with Crippen LogP contribution in [-0.4, -0.2) is 24.8 Å². The molecule has 1 N–H and O–H groups in total. The van der Waals surface area contributed by atoms with Crippen LogP contribution < -0.4 is 10.2 Å². The molecule has 0 unspecified atom stereocenters. The van der Waals surface area contributed by atoms with Crippen LogP contribution in [-0.2, 0) is 6.54 Å². The fourth-order valence-electron chi connectivity index (χ4n) is 3.81. The lowest BCUT2D eigenvalue weighted by Gasteiger charge is -2.19. The van der Waals surface area contributed by atoms with Crippen LogP contribution >= 0.6 is 11.8 Å². The summed E-state index contributed by atoms with van der Waals surface area (Å²) in [6, 6.07) is 26.4. The molecule has 0 saturated carbocycles. The first-order valence-electron chi connectivity index (χ1n) is 12.3. The second kappa shape index (κ2) is 13.4. The molecule has 0 radical (unpaired) electrons. The fraction of sp³-hybridized carbons (Fsp3) is 0.188. The van der Waals surface area contributed by atoms with Crippen LogP contribution in [0.5, 0.6) is 0 Å². The van der Waals surface area contributed by atoms with Gasteiger partial charge in [-0.25, -0.2) is 4.99 Å². The predicted octanol–water partition coefficient (Wildman–Crippen LogP) is 8.33. The molecule has 0 fully saturated rings. The number of hydrogen-bond acceptors (Lipinski definition) is 5. The summed E-state index contributed by atoms with van der Waals surface area (Å²) in [5.41, 5.74) is 6.60. The molecule has 5 nitrogen and oxygen atoms in total. The first kappa shape index (κ1) is 28.4. The van der Waals surface area contributed by atoms with Gasteiger partial charge < -0.3 is 15.1 Å². The molecule has 0 amide bonds. The minimum Gasteiger partial charge on any atom is -0.359 e. The maximum Gasteiger partial charge on any atom is 0.102 e. The number of nitrogens with zero attached hydrogens (tertiary/aromatic N) is 4. The van der Waals surface area contributed by atoms with Gasteiger partial charge in [0.15, 0.2) is 0 Å². The molecule has 1 aliphatic heterocycles. The van der Waals surface area contributed by atoms with Crippen LogP contribution in [0.3, 0.4) is 0 Å². The SMILES string of the molecule is C=C(C)Nc1ccc(N=C(C)N(C)Cc2ccccc2)cc1C#N.C=C/C(C)=C1/Sc2ccccc2N1C. The van der Waals surface area contributed by atoms with E-state index in [1.165, 1.54) is 26.7 Å². The second-order valence-electron chi connectivity index (χ2n) is 9.07. The zero-order valence-electron chi connectivity index (χ0n) is 22.8. The van der Waals surface area contributed by atoms with Crippen molar-refractivity contribution in [1.82, 2.24) is 4.90 Å². The normalized spacial score (nSPS) is 13.5. The third-order valence-electron chi connectivity index (χ3n) is 5.96. The molecule has 38 heavy (non-hydrogen) atoms. The Kier molecular flexibility index (Phi) is 9.98. The van der Waals surface area contributed by atoms with Gasteiger partial charge in [0, 0.05) is 31.2 Å². The molecule has 3 aromatic carbocycles. The van der Waals surface area contributed by atoms with Crippen LogP contribution in [0.1, 0.15) is 31.9 Å². The number of rotatable bonds is 6. The zero-order chi connectivity index (χ0) is 27.7. The van der Waals surface area contributed by atoms with Gasteiger partial charge in [0.25, 0.3) is 0 Å². The van der Waals surface area contributed by atoms with E-state index in [1.807, 2.05) is 69.1 Å². The average molecular weight is 522 g/mol. The van der Waals surface area contributed by atoms with Crippen molar-refractivity contribution in [3.8, 4) is 6.07 Å². The first-order valence-corrected chi connectivity index (χ1v) is 13.2. The van der Waals surface area contributed by atoms with Gasteiger partial charge in [0.05, 0.1) is 27.7 Å². The third-order valence-corrected chi connectivity index (χ3v) is 7.31. The number of aliphatic imine (C=N–C) groups is 1. The van der Waals surface area contributed by atoms with E-state index in [4.69, 9.17) is 0 Å². The van der Waals surface area contributed by atoms with Gasteiger partial charge in [-0.3, -0.25) is 0 Å². The van der Waals surface area contributed by atoms with Crippen LogP contribution in [0.25, 0.3) is 0 Å². The van der Waals surface area contributed by atoms with Gasteiger partial charge in [-0.05, 0) is 62.2 Å². The Morgan fingerprint density at radius 3 is 2.39 bits per heavy atom. The summed E-state index contributed by atoms with van der Waals surface area (Å²) in [4.78, 5) is 10.3. The highest BCUT2D eigenvalue weighted by molar-refractivity contribution is 8.03. The molecule has 0 aliphatic carbocycles. The number of anilines is 2. The van der Waals surface area contributed by atoms with Gasteiger partial charge in [-0.1, -0.05) is 73.5 Å². The van der Waals surface area contributed by atoms with Crippen LogP contribution in [0.15, 0.2) is 118 Å². The van der Waals surface area contributed by atoms with E-state index in [9.17, 15) is 5.26 Å². The smallest absolute Gasteiger partial charge is 0.102 e. The van der Waals surface area contributed by atoms with Crippen molar-refractivity contribution in [2.75, 3.05) is 24.3 Å². The molecule has 0 spiro atoms. The van der Waals surface area contributed by atoms with Gasteiger partial charge >= 0.3 is 0 Å². The maximum absolute atomic E-state index is 9.32. The monoisotopic (exact) mass is 521 g/mol. The lowest BCUT2D eigenvalue weighted by Crippen LogP contribution is -2.23. The van der Waals surface area contributed by atoms with E-state index in [0.29, 0.717) is 5.56 Å². The highest BCUT2D eigenvalue weighted by atomic mass is 32.2. The highest BCUT2D eigenvalue weighted by Crippen LogP contribution is 2.45. The maximum atomic E-state index is 9.32. The zero-order valence-corrected chi connectivity index (χ0v) is 23.6. The minimum absolute atomic E-state index is 0.553. The number of benzene rings is 3. The van der Waals surface area contributed by atoms with Crippen molar-refractivity contribution in [2.24, 2.45) is 4.99 Å². The number of hydrogen-bond donors (Lipinski definition) is 1. The Labute approximate surface area is 231 Å². The Morgan fingerprint density at radius 1 is 1.08 bits per heavy atom. The average Bonchev–Trinajstić information content (AvgIpc) is 3.26. The summed E-state index contributed by atoms with van der Waals surface area (Å²) in [7, 11) is 4.11. The molecule has 0 saturated heterocycles. The van der Waals surface area contributed by atoms with Crippen molar-refractivity contribution in [3.05, 3.63) is 119 Å².